The van der Waals surface area contributed by atoms with E-state index in [1.807, 2.05) is 0 Å². The Kier molecular flexibility index (Phi) is 3.58. The van der Waals surface area contributed by atoms with Gasteiger partial charge in [-0.1, -0.05) is 0 Å². The summed E-state index contributed by atoms with van der Waals surface area (Å²) in [6.07, 6.45) is 0. The minimum absolute atomic E-state index is 0.0452. The molecule has 0 saturated carbocycles. The average molecular weight is 378 g/mol. The quantitative estimate of drug-likeness (QED) is 0.285. The molecule has 0 aliphatic heterocycles. The van der Waals surface area contributed by atoms with E-state index in [0.29, 0.717) is 0 Å². The first-order valence-electron chi connectivity index (χ1n) is 8.09. The Hall–Kier alpha value is -1.58. The van der Waals surface area contributed by atoms with Crippen molar-refractivity contribution < 1.29 is 0 Å². The molecule has 114 valence electrons. The SMILES string of the molecule is [CH3][Ge]([CH3])([CH3])[c]1ccc2c(c1)c1ccccc1[s+]2-c1ccccc1. The van der Waals surface area contributed by atoms with Gasteiger partial charge in [0, 0.05) is 0 Å². The van der Waals surface area contributed by atoms with Gasteiger partial charge in [0.15, 0.2) is 0 Å². The summed E-state index contributed by atoms with van der Waals surface area (Å²) >= 11 is -1.81. The fourth-order valence-electron chi connectivity index (χ4n) is 3.18. The average Bonchev–Trinajstić information content (AvgIpc) is 2.88. The van der Waals surface area contributed by atoms with Crippen molar-refractivity contribution in [3.8, 4) is 4.90 Å². The summed E-state index contributed by atoms with van der Waals surface area (Å²) in [6.45, 7) is 0. The normalized spacial score (nSPS) is 12.9. The molecule has 0 bridgehead atoms. The number of benzene rings is 3. The van der Waals surface area contributed by atoms with Crippen LogP contribution < -0.4 is 4.40 Å². The Labute approximate surface area is 143 Å². The van der Waals surface area contributed by atoms with Crippen LogP contribution in [0.3, 0.4) is 0 Å². The molecular weight excluding hydrogens is 357 g/mol. The van der Waals surface area contributed by atoms with E-state index in [-0.39, 0.29) is 10.5 Å². The zero-order valence-electron chi connectivity index (χ0n) is 13.8. The molecule has 0 nitrogen and oxygen atoms in total. The molecule has 3 aromatic carbocycles. The van der Waals surface area contributed by atoms with Crippen molar-refractivity contribution in [2.75, 3.05) is 0 Å². The Morgan fingerprint density at radius 2 is 1.30 bits per heavy atom. The second-order valence-electron chi connectivity index (χ2n) is 7.08. The second kappa shape index (κ2) is 5.50. The Morgan fingerprint density at radius 1 is 0.652 bits per heavy atom. The molecule has 0 aliphatic rings. The second-order valence-corrected chi connectivity index (χ2v) is 19.7. The summed E-state index contributed by atoms with van der Waals surface area (Å²) in [4.78, 5) is 1.42. The molecule has 1 heterocycles. The van der Waals surface area contributed by atoms with Crippen LogP contribution in [-0.4, -0.2) is 13.3 Å². The molecule has 23 heavy (non-hydrogen) atoms. The summed E-state index contributed by atoms with van der Waals surface area (Å²) in [5.41, 5.74) is 0. The molecule has 2 heteroatoms. The molecule has 0 saturated heterocycles. The molecule has 0 aliphatic carbocycles. The number of hydrogen-bond acceptors (Lipinski definition) is 0. The maximum absolute atomic E-state index is 2.49. The molecule has 0 amide bonds. The first-order valence-corrected chi connectivity index (χ1v) is 16.7. The molecule has 0 N–H and O–H groups in total. The predicted octanol–water partition coefficient (Wildman–Crippen LogP) is 6.28. The zero-order chi connectivity index (χ0) is 16.0. The standard InChI is InChI=1S/C21H21GeS/c1-22(2,3)16-13-14-21-19(15-16)18-11-7-8-12-20(18)23(21)17-9-5-4-6-10-17/h4-15H,1-3H3/q+1. The van der Waals surface area contributed by atoms with E-state index in [0.717, 1.165) is 0 Å². The fraction of sp³-hybridized carbons (Fsp3) is 0.143. The van der Waals surface area contributed by atoms with Gasteiger partial charge >= 0.3 is 143 Å². The Balaban J connectivity index is 2.13. The zero-order valence-corrected chi connectivity index (χ0v) is 16.8. The van der Waals surface area contributed by atoms with Crippen molar-refractivity contribution in [1.29, 1.82) is 0 Å². The fourth-order valence-corrected chi connectivity index (χ4v) is 8.00. The van der Waals surface area contributed by atoms with Gasteiger partial charge in [0.1, 0.15) is 0 Å². The summed E-state index contributed by atoms with van der Waals surface area (Å²) < 4.78 is 4.57. The number of fused-ring (bicyclic) bond motifs is 3. The van der Waals surface area contributed by atoms with Crippen LogP contribution >= 0.6 is 10.5 Å². The Bertz CT molecular complexity index is 991. The molecule has 1 atom stereocenters. The van der Waals surface area contributed by atoms with E-state index < -0.39 is 13.3 Å². The van der Waals surface area contributed by atoms with E-state index in [9.17, 15) is 0 Å². The van der Waals surface area contributed by atoms with Crippen molar-refractivity contribution >= 4 is 48.3 Å². The van der Waals surface area contributed by atoms with Crippen molar-refractivity contribution in [3.63, 3.8) is 0 Å². The molecule has 4 aromatic rings. The van der Waals surface area contributed by atoms with Crippen LogP contribution in [-0.2, 0) is 0 Å². The van der Waals surface area contributed by atoms with Gasteiger partial charge in [0.05, 0.1) is 0 Å². The molecule has 0 radical (unpaired) electrons. The predicted molar refractivity (Wildman–Crippen MR) is 108 cm³/mol. The number of rotatable bonds is 2. The van der Waals surface area contributed by atoms with Gasteiger partial charge in [0.25, 0.3) is 0 Å². The van der Waals surface area contributed by atoms with Gasteiger partial charge in [0.2, 0.25) is 0 Å². The minimum atomic E-state index is -1.81. The van der Waals surface area contributed by atoms with Gasteiger partial charge in [-0.05, 0) is 0 Å². The number of hydrogen-bond donors (Lipinski definition) is 0. The van der Waals surface area contributed by atoms with Crippen LogP contribution in [0.1, 0.15) is 0 Å². The number of thiophene rings is 1. The first-order chi connectivity index (χ1) is 11.1. The maximum atomic E-state index is 2.49. The van der Waals surface area contributed by atoms with Crippen LogP contribution in [0.5, 0.6) is 0 Å². The molecule has 4 rings (SSSR count). The van der Waals surface area contributed by atoms with Crippen molar-refractivity contribution in [1.82, 2.24) is 0 Å². The van der Waals surface area contributed by atoms with Gasteiger partial charge in [-0.15, -0.1) is 0 Å². The molecule has 1 unspecified atom stereocenters. The third-order valence-electron chi connectivity index (χ3n) is 4.44. The summed E-state index contributed by atoms with van der Waals surface area (Å²) in [7, 11) is 0.0452. The summed E-state index contributed by atoms with van der Waals surface area (Å²) in [5, 5.41) is 2.90. The van der Waals surface area contributed by atoms with E-state index in [2.05, 4.69) is 90.1 Å². The van der Waals surface area contributed by atoms with E-state index >= 15 is 0 Å². The van der Waals surface area contributed by atoms with Crippen molar-refractivity contribution in [2.24, 2.45) is 0 Å². The molecule has 0 fully saturated rings. The van der Waals surface area contributed by atoms with Crippen molar-refractivity contribution in [2.45, 2.75) is 17.3 Å². The Morgan fingerprint density at radius 3 is 2.04 bits per heavy atom. The van der Waals surface area contributed by atoms with Crippen LogP contribution in [0.15, 0.2) is 72.8 Å². The monoisotopic (exact) mass is 379 g/mol. The molecule has 0 spiro atoms. The van der Waals surface area contributed by atoms with Gasteiger partial charge < -0.3 is 0 Å². The molecule has 1 aromatic heterocycles. The third kappa shape index (κ3) is 2.52. The van der Waals surface area contributed by atoms with Crippen molar-refractivity contribution in [3.05, 3.63) is 72.8 Å². The van der Waals surface area contributed by atoms with E-state index in [1.165, 1.54) is 25.1 Å². The summed E-state index contributed by atoms with van der Waals surface area (Å²) in [6, 6.07) is 27.2. The van der Waals surface area contributed by atoms with Crippen LogP contribution in [0.2, 0.25) is 17.3 Å². The third-order valence-corrected chi connectivity index (χ3v) is 11.1. The van der Waals surface area contributed by atoms with Crippen LogP contribution in [0, 0.1) is 0 Å². The first kappa shape index (κ1) is 15.0. The van der Waals surface area contributed by atoms with E-state index in [1.54, 1.807) is 4.40 Å². The topological polar surface area (TPSA) is 0 Å². The van der Waals surface area contributed by atoms with Gasteiger partial charge in [-0.2, -0.15) is 0 Å². The summed E-state index contributed by atoms with van der Waals surface area (Å²) in [5.74, 6) is 7.42. The van der Waals surface area contributed by atoms with Gasteiger partial charge in [-0.25, -0.2) is 0 Å². The van der Waals surface area contributed by atoms with Gasteiger partial charge in [-0.3, -0.25) is 0 Å². The van der Waals surface area contributed by atoms with Crippen LogP contribution in [0.25, 0.3) is 25.1 Å². The van der Waals surface area contributed by atoms with E-state index in [4.69, 9.17) is 0 Å². The van der Waals surface area contributed by atoms with Crippen LogP contribution in [0.4, 0.5) is 0 Å². The molecular formula is C21H21GeS+.